The Morgan fingerprint density at radius 1 is 1.12 bits per heavy atom. The maximum absolute atomic E-state index is 10.9. The van der Waals surface area contributed by atoms with Crippen molar-refractivity contribution in [2.75, 3.05) is 18.0 Å². The zero-order valence-corrected chi connectivity index (χ0v) is 11.1. The molecule has 1 aromatic rings. The number of benzene rings is 1. The quantitative estimate of drug-likeness (QED) is 0.765. The molecule has 0 fully saturated rings. The second-order valence-electron chi connectivity index (χ2n) is 3.52. The molecule has 0 aliphatic heterocycles. The van der Waals surface area contributed by atoms with Crippen LogP contribution >= 0.6 is 10.7 Å². The lowest BCUT2D eigenvalue weighted by Gasteiger charge is -2.21. The van der Waals surface area contributed by atoms with Gasteiger partial charge >= 0.3 is 0 Å². The molecule has 16 heavy (non-hydrogen) atoms. The van der Waals surface area contributed by atoms with Crippen LogP contribution in [0.2, 0.25) is 0 Å². The van der Waals surface area contributed by atoms with Crippen molar-refractivity contribution in [1.82, 2.24) is 0 Å². The lowest BCUT2D eigenvalue weighted by Crippen LogP contribution is -2.21. The van der Waals surface area contributed by atoms with Crippen LogP contribution < -0.4 is 4.90 Å². The van der Waals surface area contributed by atoms with Gasteiger partial charge in [-0.25, -0.2) is 8.42 Å². The van der Waals surface area contributed by atoms with Gasteiger partial charge in [0.25, 0.3) is 0 Å². The summed E-state index contributed by atoms with van der Waals surface area (Å²) in [5, 5.41) is 0. The minimum atomic E-state index is -3.46. The number of anilines is 1. The Morgan fingerprint density at radius 3 is 2.00 bits per heavy atom. The third-order valence-electron chi connectivity index (χ3n) is 2.40. The molecule has 0 aliphatic rings. The molecule has 0 N–H and O–H groups in total. The first kappa shape index (κ1) is 13.3. The largest absolute Gasteiger partial charge is 0.372 e. The average molecular weight is 262 g/mol. The number of halogens is 1. The third kappa shape index (κ3) is 4.02. The van der Waals surface area contributed by atoms with Crippen molar-refractivity contribution in [2.24, 2.45) is 0 Å². The zero-order valence-electron chi connectivity index (χ0n) is 9.48. The van der Waals surface area contributed by atoms with E-state index < -0.39 is 9.05 Å². The Morgan fingerprint density at radius 2 is 1.62 bits per heavy atom. The summed E-state index contributed by atoms with van der Waals surface area (Å²) in [6.07, 6.45) is 0. The van der Waals surface area contributed by atoms with E-state index in [2.05, 4.69) is 18.7 Å². The van der Waals surface area contributed by atoms with E-state index in [0.29, 0.717) is 5.56 Å². The molecule has 1 aromatic carbocycles. The second-order valence-corrected chi connectivity index (χ2v) is 6.30. The molecular weight excluding hydrogens is 246 g/mol. The third-order valence-corrected chi connectivity index (χ3v) is 3.41. The molecular formula is C11H16ClNO2S. The van der Waals surface area contributed by atoms with Crippen LogP contribution in [0.3, 0.4) is 0 Å². The summed E-state index contributed by atoms with van der Waals surface area (Å²) in [5.41, 5.74) is 1.81. The van der Waals surface area contributed by atoms with Crippen LogP contribution in [0.5, 0.6) is 0 Å². The van der Waals surface area contributed by atoms with Crippen LogP contribution in [0.25, 0.3) is 0 Å². The Kier molecular flexibility index (Phi) is 4.62. The first-order valence-electron chi connectivity index (χ1n) is 5.22. The fourth-order valence-electron chi connectivity index (χ4n) is 1.59. The van der Waals surface area contributed by atoms with E-state index in [1.165, 1.54) is 0 Å². The smallest absolute Gasteiger partial charge is 0.236 e. The molecule has 0 spiro atoms. The van der Waals surface area contributed by atoms with Gasteiger partial charge in [0, 0.05) is 29.5 Å². The normalized spacial score (nSPS) is 11.4. The van der Waals surface area contributed by atoms with E-state index in [-0.39, 0.29) is 5.75 Å². The van der Waals surface area contributed by atoms with Crippen molar-refractivity contribution in [1.29, 1.82) is 0 Å². The molecule has 3 nitrogen and oxygen atoms in total. The summed E-state index contributed by atoms with van der Waals surface area (Å²) in [5.74, 6) is -0.118. The van der Waals surface area contributed by atoms with E-state index in [0.717, 1.165) is 18.8 Å². The van der Waals surface area contributed by atoms with Crippen molar-refractivity contribution in [2.45, 2.75) is 19.6 Å². The molecule has 1 rings (SSSR count). The molecule has 90 valence electrons. The van der Waals surface area contributed by atoms with Crippen LogP contribution in [0.15, 0.2) is 24.3 Å². The standard InChI is InChI=1S/C11H16ClNO2S/c1-3-13(4-2)11-7-5-10(6-8-11)9-16(12,14)15/h5-8H,3-4,9H2,1-2H3. The van der Waals surface area contributed by atoms with E-state index >= 15 is 0 Å². The van der Waals surface area contributed by atoms with Crippen LogP contribution in [0.4, 0.5) is 5.69 Å². The van der Waals surface area contributed by atoms with E-state index in [9.17, 15) is 8.42 Å². The summed E-state index contributed by atoms with van der Waals surface area (Å²) < 4.78 is 21.8. The molecule has 0 saturated heterocycles. The van der Waals surface area contributed by atoms with Gasteiger partial charge in [0.15, 0.2) is 0 Å². The Labute approximate surface area is 101 Å². The fourth-order valence-corrected chi connectivity index (χ4v) is 2.56. The molecule has 0 bridgehead atoms. The molecule has 0 amide bonds. The van der Waals surface area contributed by atoms with Gasteiger partial charge in [-0.05, 0) is 31.5 Å². The van der Waals surface area contributed by atoms with Gasteiger partial charge < -0.3 is 4.90 Å². The minimum absolute atomic E-state index is 0.118. The van der Waals surface area contributed by atoms with Crippen LogP contribution in [0, 0.1) is 0 Å². The van der Waals surface area contributed by atoms with Gasteiger partial charge in [-0.3, -0.25) is 0 Å². The van der Waals surface area contributed by atoms with Crippen LogP contribution in [-0.4, -0.2) is 21.5 Å². The Balaban J connectivity index is 2.82. The SMILES string of the molecule is CCN(CC)c1ccc(CS(=O)(=O)Cl)cc1. The molecule has 0 atom stereocenters. The predicted molar refractivity (Wildman–Crippen MR) is 68.5 cm³/mol. The molecule has 0 unspecified atom stereocenters. The highest BCUT2D eigenvalue weighted by Gasteiger charge is 2.07. The lowest BCUT2D eigenvalue weighted by atomic mass is 10.2. The molecule has 0 saturated carbocycles. The summed E-state index contributed by atoms with van der Waals surface area (Å²) >= 11 is 0. The van der Waals surface area contributed by atoms with Gasteiger partial charge in [0.05, 0.1) is 5.75 Å². The highest BCUT2D eigenvalue weighted by molar-refractivity contribution is 8.13. The summed E-state index contributed by atoms with van der Waals surface area (Å²) in [6.45, 7) is 6.04. The monoisotopic (exact) mass is 261 g/mol. The molecule has 0 heterocycles. The Hall–Kier alpha value is -0.740. The molecule has 0 aliphatic carbocycles. The maximum atomic E-state index is 10.9. The average Bonchev–Trinajstić information content (AvgIpc) is 2.20. The number of hydrogen-bond acceptors (Lipinski definition) is 3. The summed E-state index contributed by atoms with van der Waals surface area (Å²) in [4.78, 5) is 2.19. The zero-order chi connectivity index (χ0) is 12.2. The van der Waals surface area contributed by atoms with Gasteiger partial charge in [-0.1, -0.05) is 12.1 Å². The van der Waals surface area contributed by atoms with Gasteiger partial charge in [0.2, 0.25) is 9.05 Å². The highest BCUT2D eigenvalue weighted by Crippen LogP contribution is 2.17. The predicted octanol–water partition coefficient (Wildman–Crippen LogP) is 2.60. The van der Waals surface area contributed by atoms with Gasteiger partial charge in [-0.2, -0.15) is 0 Å². The first-order valence-corrected chi connectivity index (χ1v) is 7.70. The van der Waals surface area contributed by atoms with E-state index in [1.54, 1.807) is 12.1 Å². The minimum Gasteiger partial charge on any atom is -0.372 e. The number of hydrogen-bond donors (Lipinski definition) is 0. The van der Waals surface area contributed by atoms with Crippen molar-refractivity contribution < 1.29 is 8.42 Å². The number of nitrogens with zero attached hydrogens (tertiary/aromatic N) is 1. The molecule has 0 aromatic heterocycles. The van der Waals surface area contributed by atoms with Crippen LogP contribution in [0.1, 0.15) is 19.4 Å². The number of rotatable bonds is 5. The van der Waals surface area contributed by atoms with Crippen molar-refractivity contribution >= 4 is 25.4 Å². The van der Waals surface area contributed by atoms with Crippen molar-refractivity contribution in [3.8, 4) is 0 Å². The Bertz CT molecular complexity index is 424. The van der Waals surface area contributed by atoms with E-state index in [4.69, 9.17) is 10.7 Å². The fraction of sp³-hybridized carbons (Fsp3) is 0.455. The van der Waals surface area contributed by atoms with E-state index in [1.807, 2.05) is 12.1 Å². The topological polar surface area (TPSA) is 37.4 Å². The first-order chi connectivity index (χ1) is 7.46. The molecule has 5 heteroatoms. The molecule has 0 radical (unpaired) electrons. The maximum Gasteiger partial charge on any atom is 0.236 e. The van der Waals surface area contributed by atoms with Crippen LogP contribution in [-0.2, 0) is 14.8 Å². The summed E-state index contributed by atoms with van der Waals surface area (Å²) in [6, 6.07) is 7.44. The van der Waals surface area contributed by atoms with Gasteiger partial charge in [-0.15, -0.1) is 0 Å². The van der Waals surface area contributed by atoms with Crippen molar-refractivity contribution in [3.05, 3.63) is 29.8 Å². The van der Waals surface area contributed by atoms with Gasteiger partial charge in [0.1, 0.15) is 0 Å². The lowest BCUT2D eigenvalue weighted by molar-refractivity contribution is 0.609. The highest BCUT2D eigenvalue weighted by atomic mass is 35.7. The summed E-state index contributed by atoms with van der Waals surface area (Å²) in [7, 11) is 1.72. The second kappa shape index (κ2) is 5.55. The van der Waals surface area contributed by atoms with Crippen molar-refractivity contribution in [3.63, 3.8) is 0 Å².